The molecule has 0 aromatic heterocycles. The van der Waals surface area contributed by atoms with Crippen LogP contribution < -0.4 is 15.4 Å². The van der Waals surface area contributed by atoms with Gasteiger partial charge in [0.2, 0.25) is 0 Å². The Morgan fingerprint density at radius 2 is 2.20 bits per heavy atom. The molecule has 0 radical (unpaired) electrons. The molecule has 0 spiro atoms. The maximum atomic E-state index is 12.1. The second kappa shape index (κ2) is 8.54. The molecule has 0 saturated carbocycles. The Bertz CT molecular complexity index is 579. The summed E-state index contributed by atoms with van der Waals surface area (Å²) in [4.78, 5) is 14.6. The van der Waals surface area contributed by atoms with Crippen LogP contribution in [0, 0.1) is 0 Å². The number of benzene rings is 1. The Morgan fingerprint density at radius 3 is 3.04 bits per heavy atom. The molecule has 3 rings (SSSR count). The summed E-state index contributed by atoms with van der Waals surface area (Å²) in [5, 5.41) is 5.82. The number of morpholine rings is 1. The number of hydrogen-bond donors (Lipinski definition) is 2. The predicted octanol–water partition coefficient (Wildman–Crippen LogP) is 2.14. The van der Waals surface area contributed by atoms with Crippen LogP contribution in [0.5, 0.6) is 5.75 Å². The second-order valence-corrected chi connectivity index (χ2v) is 7.08. The van der Waals surface area contributed by atoms with Crippen molar-refractivity contribution in [2.45, 2.75) is 51.5 Å². The van der Waals surface area contributed by atoms with Crippen molar-refractivity contribution in [2.24, 2.45) is 0 Å². The van der Waals surface area contributed by atoms with E-state index in [2.05, 4.69) is 15.5 Å². The molecule has 2 aliphatic rings. The van der Waals surface area contributed by atoms with E-state index >= 15 is 0 Å². The zero-order valence-corrected chi connectivity index (χ0v) is 15.2. The predicted molar refractivity (Wildman–Crippen MR) is 96.8 cm³/mol. The summed E-state index contributed by atoms with van der Waals surface area (Å²) in [6, 6.07) is 8.19. The monoisotopic (exact) mass is 347 g/mol. The van der Waals surface area contributed by atoms with Crippen molar-refractivity contribution in [1.82, 2.24) is 15.5 Å². The Labute approximate surface area is 149 Å². The Hall–Kier alpha value is -1.79. The molecule has 2 N–H and O–H groups in total. The largest absolute Gasteiger partial charge is 0.491 e. The number of nitrogens with one attached hydrogen (secondary N) is 2. The highest BCUT2D eigenvalue weighted by atomic mass is 16.5. The maximum Gasteiger partial charge on any atom is 0.315 e. The molecule has 1 aromatic rings. The third-order valence-corrected chi connectivity index (χ3v) is 4.73. The molecule has 0 aliphatic carbocycles. The van der Waals surface area contributed by atoms with Gasteiger partial charge in [0.25, 0.3) is 0 Å². The minimum Gasteiger partial charge on any atom is -0.491 e. The van der Waals surface area contributed by atoms with Gasteiger partial charge in [-0.2, -0.15) is 0 Å². The van der Waals surface area contributed by atoms with Crippen LogP contribution in [0.1, 0.15) is 32.3 Å². The highest BCUT2D eigenvalue weighted by Gasteiger charge is 2.32. The molecule has 6 heteroatoms. The number of nitrogens with zero attached hydrogens (tertiary/aromatic N) is 1. The highest BCUT2D eigenvalue weighted by Crippen LogP contribution is 2.22. The van der Waals surface area contributed by atoms with Crippen molar-refractivity contribution < 1.29 is 14.3 Å². The van der Waals surface area contributed by atoms with E-state index in [0.29, 0.717) is 19.1 Å². The number of fused-ring (bicyclic) bond motifs is 1. The molecule has 2 atom stereocenters. The van der Waals surface area contributed by atoms with Crippen LogP contribution in [0.15, 0.2) is 24.3 Å². The highest BCUT2D eigenvalue weighted by molar-refractivity contribution is 5.73. The first-order valence-electron chi connectivity index (χ1n) is 9.23. The maximum absolute atomic E-state index is 12.1. The van der Waals surface area contributed by atoms with E-state index in [9.17, 15) is 4.79 Å². The summed E-state index contributed by atoms with van der Waals surface area (Å²) in [7, 11) is 0. The van der Waals surface area contributed by atoms with Crippen LogP contribution in [-0.4, -0.2) is 55.4 Å². The van der Waals surface area contributed by atoms with E-state index in [1.165, 1.54) is 12.8 Å². The standard InChI is InChI=1S/C19H29N3O3/c1-14(2)25-18-8-4-3-6-15(18)10-20-19(23)21-11-17-12-22-9-5-7-16(22)13-24-17/h3-4,6,8,14,16-17H,5,7,9-13H2,1-2H3,(H2,20,21,23). The fraction of sp³-hybridized carbons (Fsp3) is 0.632. The van der Waals surface area contributed by atoms with Gasteiger partial charge >= 0.3 is 6.03 Å². The van der Waals surface area contributed by atoms with Gasteiger partial charge < -0.3 is 20.1 Å². The van der Waals surface area contributed by atoms with Crippen molar-refractivity contribution in [3.63, 3.8) is 0 Å². The summed E-state index contributed by atoms with van der Waals surface area (Å²) in [6.07, 6.45) is 2.68. The van der Waals surface area contributed by atoms with Crippen LogP contribution in [0.3, 0.4) is 0 Å². The summed E-state index contributed by atoms with van der Waals surface area (Å²) >= 11 is 0. The molecule has 0 bridgehead atoms. The molecule has 2 heterocycles. The number of carbonyl (C=O) groups is 1. The van der Waals surface area contributed by atoms with Crippen molar-refractivity contribution in [2.75, 3.05) is 26.2 Å². The summed E-state index contributed by atoms with van der Waals surface area (Å²) < 4.78 is 11.6. The molecule has 2 aliphatic heterocycles. The Kier molecular flexibility index (Phi) is 6.15. The van der Waals surface area contributed by atoms with Crippen LogP contribution in [0.4, 0.5) is 4.79 Å². The van der Waals surface area contributed by atoms with Gasteiger partial charge in [-0.3, -0.25) is 4.90 Å². The minimum absolute atomic E-state index is 0.0802. The number of carbonyl (C=O) groups excluding carboxylic acids is 1. The molecule has 25 heavy (non-hydrogen) atoms. The number of para-hydroxylation sites is 1. The van der Waals surface area contributed by atoms with Crippen molar-refractivity contribution >= 4 is 6.03 Å². The van der Waals surface area contributed by atoms with Gasteiger partial charge in [0.1, 0.15) is 5.75 Å². The minimum atomic E-state index is -0.175. The topological polar surface area (TPSA) is 62.8 Å². The van der Waals surface area contributed by atoms with Gasteiger partial charge in [-0.15, -0.1) is 0 Å². The number of rotatable bonds is 6. The zero-order chi connectivity index (χ0) is 17.6. The molecular formula is C19H29N3O3. The summed E-state index contributed by atoms with van der Waals surface area (Å²) in [5.41, 5.74) is 0.972. The van der Waals surface area contributed by atoms with Crippen molar-refractivity contribution in [1.29, 1.82) is 0 Å². The lowest BCUT2D eigenvalue weighted by atomic mass is 10.2. The number of amides is 2. The van der Waals surface area contributed by atoms with E-state index in [0.717, 1.165) is 31.0 Å². The van der Waals surface area contributed by atoms with E-state index in [-0.39, 0.29) is 18.2 Å². The van der Waals surface area contributed by atoms with Gasteiger partial charge in [-0.25, -0.2) is 4.79 Å². The third kappa shape index (κ3) is 5.09. The van der Waals surface area contributed by atoms with E-state index in [1.54, 1.807) is 0 Å². The SMILES string of the molecule is CC(C)Oc1ccccc1CNC(=O)NCC1CN2CCCC2CO1. The average Bonchev–Trinajstić information content (AvgIpc) is 3.06. The molecule has 2 fully saturated rings. The normalized spacial score (nSPS) is 23.3. The number of urea groups is 1. The zero-order valence-electron chi connectivity index (χ0n) is 15.2. The van der Waals surface area contributed by atoms with Crippen LogP contribution in [-0.2, 0) is 11.3 Å². The molecule has 6 nitrogen and oxygen atoms in total. The van der Waals surface area contributed by atoms with Crippen LogP contribution in [0.2, 0.25) is 0 Å². The fourth-order valence-corrected chi connectivity index (χ4v) is 3.47. The van der Waals surface area contributed by atoms with Gasteiger partial charge in [0.15, 0.2) is 0 Å². The lowest BCUT2D eigenvalue weighted by molar-refractivity contribution is -0.0457. The van der Waals surface area contributed by atoms with Gasteiger partial charge in [0.05, 0.1) is 18.8 Å². The number of ether oxygens (including phenoxy) is 2. The van der Waals surface area contributed by atoms with Crippen molar-refractivity contribution in [3.05, 3.63) is 29.8 Å². The Morgan fingerprint density at radius 1 is 1.36 bits per heavy atom. The number of hydrogen-bond acceptors (Lipinski definition) is 4. The molecular weight excluding hydrogens is 318 g/mol. The fourth-order valence-electron chi connectivity index (χ4n) is 3.47. The third-order valence-electron chi connectivity index (χ3n) is 4.73. The first-order valence-corrected chi connectivity index (χ1v) is 9.23. The molecule has 2 saturated heterocycles. The quantitative estimate of drug-likeness (QED) is 0.828. The molecule has 2 amide bonds. The average molecular weight is 347 g/mol. The van der Waals surface area contributed by atoms with Gasteiger partial charge in [0, 0.05) is 31.2 Å². The molecule has 2 unspecified atom stereocenters. The van der Waals surface area contributed by atoms with Crippen LogP contribution in [0.25, 0.3) is 0 Å². The first kappa shape index (κ1) is 18.0. The van der Waals surface area contributed by atoms with Crippen molar-refractivity contribution in [3.8, 4) is 5.75 Å². The summed E-state index contributed by atoms with van der Waals surface area (Å²) in [5.74, 6) is 0.813. The molecule has 138 valence electrons. The lowest BCUT2D eigenvalue weighted by Crippen LogP contribution is -2.51. The van der Waals surface area contributed by atoms with Crippen LogP contribution >= 0.6 is 0 Å². The van der Waals surface area contributed by atoms with Gasteiger partial charge in [-0.05, 0) is 39.3 Å². The second-order valence-electron chi connectivity index (χ2n) is 7.08. The van der Waals surface area contributed by atoms with Gasteiger partial charge in [-0.1, -0.05) is 18.2 Å². The lowest BCUT2D eigenvalue weighted by Gasteiger charge is -2.35. The summed E-state index contributed by atoms with van der Waals surface area (Å²) in [6.45, 7) is 7.82. The smallest absolute Gasteiger partial charge is 0.315 e. The molecule has 1 aromatic carbocycles. The van der Waals surface area contributed by atoms with E-state index in [1.807, 2.05) is 38.1 Å². The van der Waals surface area contributed by atoms with E-state index in [4.69, 9.17) is 9.47 Å². The first-order chi connectivity index (χ1) is 12.1. The Balaban J connectivity index is 1.41. The van der Waals surface area contributed by atoms with E-state index < -0.39 is 0 Å².